The average molecular weight is 260 g/mol. The Balaban J connectivity index is 2.49. The van der Waals surface area contributed by atoms with Gasteiger partial charge in [0.05, 0.1) is 12.0 Å². The van der Waals surface area contributed by atoms with Gasteiger partial charge in [0, 0.05) is 0 Å². The van der Waals surface area contributed by atoms with Crippen LogP contribution in [0.25, 0.3) is 0 Å². The SMILES string of the molecule is CCOC(=O)CNC(=O)c1ccc(C(C)Cl)o1. The number of esters is 1. The molecule has 0 aliphatic carbocycles. The second-order valence-electron chi connectivity index (χ2n) is 3.31. The Kier molecular flexibility index (Phi) is 5.03. The highest BCUT2D eigenvalue weighted by atomic mass is 35.5. The van der Waals surface area contributed by atoms with Gasteiger partial charge >= 0.3 is 5.97 Å². The van der Waals surface area contributed by atoms with Crippen molar-refractivity contribution in [2.75, 3.05) is 13.2 Å². The molecule has 0 spiro atoms. The van der Waals surface area contributed by atoms with Crippen LogP contribution in [0.3, 0.4) is 0 Å². The molecule has 1 aromatic rings. The molecule has 1 atom stereocenters. The van der Waals surface area contributed by atoms with E-state index >= 15 is 0 Å². The standard InChI is InChI=1S/C11H14ClNO4/c1-3-16-10(14)6-13-11(15)9-5-4-8(17-9)7(2)12/h4-5,7H,3,6H2,1-2H3,(H,13,15). The van der Waals surface area contributed by atoms with E-state index in [2.05, 4.69) is 10.1 Å². The Bertz CT molecular complexity index is 400. The first-order chi connectivity index (χ1) is 8.04. The molecule has 0 aliphatic heterocycles. The molecule has 0 bridgehead atoms. The van der Waals surface area contributed by atoms with E-state index in [1.807, 2.05) is 0 Å². The van der Waals surface area contributed by atoms with Gasteiger partial charge in [0.1, 0.15) is 12.3 Å². The fraction of sp³-hybridized carbons (Fsp3) is 0.455. The van der Waals surface area contributed by atoms with Crippen LogP contribution in [-0.2, 0) is 9.53 Å². The smallest absolute Gasteiger partial charge is 0.325 e. The number of rotatable bonds is 5. The lowest BCUT2D eigenvalue weighted by molar-refractivity contribution is -0.141. The normalized spacial score (nSPS) is 11.9. The van der Waals surface area contributed by atoms with Crippen LogP contribution in [0.5, 0.6) is 0 Å². The lowest BCUT2D eigenvalue weighted by Crippen LogP contribution is -2.30. The molecule has 1 aromatic heterocycles. The second-order valence-corrected chi connectivity index (χ2v) is 3.96. The molecule has 0 radical (unpaired) electrons. The second kappa shape index (κ2) is 6.30. The summed E-state index contributed by atoms with van der Waals surface area (Å²) >= 11 is 5.79. The minimum atomic E-state index is -0.488. The Morgan fingerprint density at radius 2 is 2.24 bits per heavy atom. The summed E-state index contributed by atoms with van der Waals surface area (Å²) in [6.07, 6.45) is 0. The summed E-state index contributed by atoms with van der Waals surface area (Å²) in [5.74, 6) is -0.329. The highest BCUT2D eigenvalue weighted by molar-refractivity contribution is 6.20. The Hall–Kier alpha value is -1.49. The summed E-state index contributed by atoms with van der Waals surface area (Å²) in [6, 6.07) is 3.13. The van der Waals surface area contributed by atoms with E-state index in [0.29, 0.717) is 5.76 Å². The van der Waals surface area contributed by atoms with Crippen molar-refractivity contribution in [2.45, 2.75) is 19.2 Å². The van der Waals surface area contributed by atoms with Crippen LogP contribution in [0.1, 0.15) is 35.5 Å². The number of hydrogen-bond donors (Lipinski definition) is 1. The quantitative estimate of drug-likeness (QED) is 0.647. The van der Waals surface area contributed by atoms with Gasteiger partial charge in [-0.1, -0.05) is 0 Å². The molecule has 1 unspecified atom stereocenters. The van der Waals surface area contributed by atoms with Gasteiger partial charge in [0.25, 0.3) is 5.91 Å². The van der Waals surface area contributed by atoms with Gasteiger partial charge in [0.2, 0.25) is 0 Å². The molecule has 0 fully saturated rings. The zero-order valence-corrected chi connectivity index (χ0v) is 10.4. The lowest BCUT2D eigenvalue weighted by atomic mass is 10.3. The van der Waals surface area contributed by atoms with Crippen LogP contribution in [0, 0.1) is 0 Å². The molecular formula is C11H14ClNO4. The summed E-state index contributed by atoms with van der Waals surface area (Å²) in [5, 5.41) is 2.08. The minimum Gasteiger partial charge on any atom is -0.465 e. The van der Waals surface area contributed by atoms with Gasteiger partial charge in [-0.3, -0.25) is 9.59 Å². The number of carbonyl (C=O) groups is 2. The Labute approximate surface area is 104 Å². The summed E-state index contributed by atoms with van der Waals surface area (Å²) in [7, 11) is 0. The number of nitrogens with one attached hydrogen (secondary N) is 1. The predicted octanol–water partition coefficient (Wildman–Crippen LogP) is 1.87. The van der Waals surface area contributed by atoms with Crippen molar-refractivity contribution in [3.05, 3.63) is 23.7 Å². The molecule has 1 rings (SSSR count). The molecule has 1 heterocycles. The molecular weight excluding hydrogens is 246 g/mol. The van der Waals surface area contributed by atoms with Crippen molar-refractivity contribution in [2.24, 2.45) is 0 Å². The van der Waals surface area contributed by atoms with Gasteiger partial charge in [-0.15, -0.1) is 11.6 Å². The van der Waals surface area contributed by atoms with E-state index < -0.39 is 11.9 Å². The average Bonchev–Trinajstić information content (AvgIpc) is 2.75. The number of hydrogen-bond acceptors (Lipinski definition) is 4. The number of ether oxygens (including phenoxy) is 1. The molecule has 5 nitrogen and oxygen atoms in total. The largest absolute Gasteiger partial charge is 0.465 e. The van der Waals surface area contributed by atoms with E-state index in [9.17, 15) is 9.59 Å². The van der Waals surface area contributed by atoms with Crippen molar-refractivity contribution in [3.63, 3.8) is 0 Å². The summed E-state index contributed by atoms with van der Waals surface area (Å²) in [5.41, 5.74) is 0. The molecule has 0 saturated heterocycles. The third kappa shape index (κ3) is 4.11. The zero-order chi connectivity index (χ0) is 12.8. The van der Waals surface area contributed by atoms with Gasteiger partial charge in [-0.05, 0) is 26.0 Å². The van der Waals surface area contributed by atoms with E-state index in [1.165, 1.54) is 6.07 Å². The summed E-state index contributed by atoms with van der Waals surface area (Å²) < 4.78 is 9.87. The summed E-state index contributed by atoms with van der Waals surface area (Å²) in [6.45, 7) is 3.53. The number of amides is 1. The summed E-state index contributed by atoms with van der Waals surface area (Å²) in [4.78, 5) is 22.5. The number of halogens is 1. The van der Waals surface area contributed by atoms with Gasteiger partial charge < -0.3 is 14.5 Å². The Morgan fingerprint density at radius 3 is 2.76 bits per heavy atom. The molecule has 1 amide bonds. The number of carbonyl (C=O) groups excluding carboxylic acids is 2. The van der Waals surface area contributed by atoms with E-state index in [4.69, 9.17) is 16.0 Å². The molecule has 94 valence electrons. The molecule has 1 N–H and O–H groups in total. The first-order valence-electron chi connectivity index (χ1n) is 5.22. The fourth-order valence-corrected chi connectivity index (χ4v) is 1.26. The van der Waals surface area contributed by atoms with E-state index in [1.54, 1.807) is 19.9 Å². The highest BCUT2D eigenvalue weighted by Gasteiger charge is 2.14. The van der Waals surface area contributed by atoms with Crippen LogP contribution >= 0.6 is 11.6 Å². The van der Waals surface area contributed by atoms with Gasteiger partial charge in [-0.2, -0.15) is 0 Å². The molecule has 0 saturated carbocycles. The van der Waals surface area contributed by atoms with Crippen molar-refractivity contribution in [1.29, 1.82) is 0 Å². The van der Waals surface area contributed by atoms with Crippen LogP contribution < -0.4 is 5.32 Å². The van der Waals surface area contributed by atoms with E-state index in [-0.39, 0.29) is 24.3 Å². The van der Waals surface area contributed by atoms with Crippen LogP contribution in [0.4, 0.5) is 0 Å². The third-order valence-electron chi connectivity index (χ3n) is 1.94. The van der Waals surface area contributed by atoms with Crippen LogP contribution in [0.2, 0.25) is 0 Å². The predicted molar refractivity (Wildman–Crippen MR) is 61.9 cm³/mol. The van der Waals surface area contributed by atoms with Crippen molar-refractivity contribution in [1.82, 2.24) is 5.32 Å². The monoisotopic (exact) mass is 259 g/mol. The zero-order valence-electron chi connectivity index (χ0n) is 9.66. The maximum absolute atomic E-state index is 11.5. The van der Waals surface area contributed by atoms with Gasteiger partial charge in [0.15, 0.2) is 5.76 Å². The molecule has 0 aromatic carbocycles. The van der Waals surface area contributed by atoms with Crippen molar-refractivity contribution < 1.29 is 18.7 Å². The first kappa shape index (κ1) is 13.6. The minimum absolute atomic E-state index is 0.122. The number of furan rings is 1. The number of alkyl halides is 1. The molecule has 0 aliphatic rings. The maximum Gasteiger partial charge on any atom is 0.325 e. The fourth-order valence-electron chi connectivity index (χ4n) is 1.14. The topological polar surface area (TPSA) is 68.5 Å². The first-order valence-corrected chi connectivity index (χ1v) is 5.65. The van der Waals surface area contributed by atoms with Crippen LogP contribution in [-0.4, -0.2) is 25.0 Å². The van der Waals surface area contributed by atoms with Crippen molar-refractivity contribution >= 4 is 23.5 Å². The van der Waals surface area contributed by atoms with E-state index in [0.717, 1.165) is 0 Å². The molecule has 6 heteroatoms. The highest BCUT2D eigenvalue weighted by Crippen LogP contribution is 2.21. The molecule has 17 heavy (non-hydrogen) atoms. The van der Waals surface area contributed by atoms with Crippen molar-refractivity contribution in [3.8, 4) is 0 Å². The Morgan fingerprint density at radius 1 is 1.53 bits per heavy atom. The van der Waals surface area contributed by atoms with Crippen LogP contribution in [0.15, 0.2) is 16.5 Å². The third-order valence-corrected chi connectivity index (χ3v) is 2.16. The lowest BCUT2D eigenvalue weighted by Gasteiger charge is -2.03. The van der Waals surface area contributed by atoms with Gasteiger partial charge in [-0.25, -0.2) is 0 Å². The maximum atomic E-state index is 11.5.